The monoisotopic (exact) mass is 435 g/mol. The molecule has 9 heteroatoms. The van der Waals surface area contributed by atoms with E-state index in [1.807, 2.05) is 29.0 Å². The van der Waals surface area contributed by atoms with E-state index in [9.17, 15) is 0 Å². The van der Waals surface area contributed by atoms with E-state index in [-0.39, 0.29) is 18.2 Å². The zero-order valence-corrected chi connectivity index (χ0v) is 16.9. The molecular weight excluding hydrogens is 425 g/mol. The molecule has 0 unspecified atom stereocenters. The highest BCUT2D eigenvalue weighted by Gasteiger charge is 2.08. The fourth-order valence-electron chi connectivity index (χ4n) is 1.85. The lowest BCUT2D eigenvalue weighted by molar-refractivity contribution is 1.27. The van der Waals surface area contributed by atoms with Gasteiger partial charge in [0.15, 0.2) is 0 Å². The summed E-state index contributed by atoms with van der Waals surface area (Å²) in [5.41, 5.74) is 7.34. The summed E-state index contributed by atoms with van der Waals surface area (Å²) in [6, 6.07) is 7.46. The molecule has 0 saturated heterocycles. The molecule has 3 aromatic rings. The van der Waals surface area contributed by atoms with Crippen molar-refractivity contribution in [3.63, 3.8) is 0 Å². The topological polar surface area (TPSA) is 62.8 Å². The van der Waals surface area contributed by atoms with Gasteiger partial charge in [0.05, 0.1) is 26.4 Å². The number of nitrogens with two attached hydrogens (primary N) is 1. The fraction of sp³-hybridized carbons (Fsp3) is 0.0667. The minimum absolute atomic E-state index is 0. The van der Waals surface area contributed by atoms with Crippen LogP contribution in [0.4, 0.5) is 0 Å². The number of thioether (sulfide) groups is 1. The highest BCUT2D eigenvalue weighted by Crippen LogP contribution is 2.32. The number of rotatable bonds is 5. The van der Waals surface area contributed by atoms with Crippen LogP contribution in [0.2, 0.25) is 10.0 Å². The van der Waals surface area contributed by atoms with Gasteiger partial charge in [-0.2, -0.15) is 0 Å². The van der Waals surface area contributed by atoms with Gasteiger partial charge in [-0.05, 0) is 18.2 Å². The maximum Gasteiger partial charge on any atom is 0.133 e. The number of benzene rings is 1. The zero-order chi connectivity index (χ0) is 16.4. The first-order chi connectivity index (χ1) is 11.0. The molecular formula is C15H12Cl3N3S3. The Hall–Kier alpha value is -0.760. The van der Waals surface area contributed by atoms with Crippen LogP contribution in [0.1, 0.15) is 9.88 Å². The molecule has 0 aliphatic heterocycles. The lowest BCUT2D eigenvalue weighted by Gasteiger charge is -1.99. The Balaban J connectivity index is 0.00000208. The maximum atomic E-state index is 7.42. The Kier molecular flexibility index (Phi) is 6.98. The van der Waals surface area contributed by atoms with Crippen LogP contribution < -0.4 is 5.73 Å². The second-order valence-corrected chi connectivity index (χ2v) is 8.32. The van der Waals surface area contributed by atoms with Gasteiger partial charge in [0, 0.05) is 21.2 Å². The summed E-state index contributed by atoms with van der Waals surface area (Å²) in [4.78, 5) is 6.54. The number of halogens is 3. The van der Waals surface area contributed by atoms with Crippen LogP contribution in [-0.4, -0.2) is 10.8 Å². The smallest absolute Gasteiger partial charge is 0.133 e. The Morgan fingerprint density at radius 3 is 2.62 bits per heavy atom. The lowest BCUT2D eigenvalue weighted by atomic mass is 10.2. The lowest BCUT2D eigenvalue weighted by Crippen LogP contribution is -2.08. The molecule has 0 bridgehead atoms. The standard InChI is InChI=1S/C15H11Cl2N3S3.ClH/c16-10-2-1-8(3-11(10)17)12-6-23-14(20-12)7-21-9-4-13(15(18)19)22-5-9;/h1-6H,7H2,(H3,18,19);1H. The van der Waals surface area contributed by atoms with Gasteiger partial charge in [-0.1, -0.05) is 29.3 Å². The summed E-state index contributed by atoms with van der Waals surface area (Å²) in [5.74, 6) is 0.887. The summed E-state index contributed by atoms with van der Waals surface area (Å²) in [6.45, 7) is 0. The van der Waals surface area contributed by atoms with Crippen molar-refractivity contribution < 1.29 is 0 Å². The van der Waals surface area contributed by atoms with Crippen molar-refractivity contribution in [2.45, 2.75) is 10.6 Å². The van der Waals surface area contributed by atoms with Crippen molar-refractivity contribution in [2.75, 3.05) is 0 Å². The van der Waals surface area contributed by atoms with E-state index >= 15 is 0 Å². The molecule has 0 spiro atoms. The SMILES string of the molecule is Cl.N=C(N)c1cc(SCc2nc(-c3ccc(Cl)c(Cl)c3)cs2)cs1. The number of amidine groups is 1. The summed E-state index contributed by atoms with van der Waals surface area (Å²) < 4.78 is 0. The average Bonchev–Trinajstić information content (AvgIpc) is 3.17. The molecule has 0 amide bonds. The number of hydrogen-bond acceptors (Lipinski definition) is 5. The van der Waals surface area contributed by atoms with Crippen molar-refractivity contribution in [2.24, 2.45) is 5.73 Å². The molecule has 0 aliphatic rings. The van der Waals surface area contributed by atoms with Gasteiger partial charge in [-0.3, -0.25) is 5.41 Å². The van der Waals surface area contributed by atoms with Crippen LogP contribution >= 0.6 is 70.0 Å². The molecule has 0 radical (unpaired) electrons. The minimum atomic E-state index is 0. The van der Waals surface area contributed by atoms with E-state index in [0.29, 0.717) is 10.0 Å². The zero-order valence-electron chi connectivity index (χ0n) is 12.1. The van der Waals surface area contributed by atoms with Crippen LogP contribution in [0, 0.1) is 5.41 Å². The molecule has 0 aliphatic carbocycles. The van der Waals surface area contributed by atoms with Gasteiger partial charge in [-0.25, -0.2) is 4.98 Å². The Labute approximate surface area is 168 Å². The molecule has 2 aromatic heterocycles. The largest absolute Gasteiger partial charge is 0.383 e. The molecule has 3 rings (SSSR count). The minimum Gasteiger partial charge on any atom is -0.383 e. The number of nitrogen functional groups attached to an aromatic ring is 1. The predicted octanol–water partition coefficient (Wildman–Crippen LogP) is 6.18. The summed E-state index contributed by atoms with van der Waals surface area (Å²) >= 11 is 16.8. The first-order valence-electron chi connectivity index (χ1n) is 6.48. The molecule has 0 atom stereocenters. The van der Waals surface area contributed by atoms with E-state index in [2.05, 4.69) is 4.98 Å². The number of thiophene rings is 1. The maximum absolute atomic E-state index is 7.42. The van der Waals surface area contributed by atoms with E-state index in [1.54, 1.807) is 29.2 Å². The quantitative estimate of drug-likeness (QED) is 0.285. The fourth-order valence-corrected chi connectivity index (χ4v) is 4.86. The third-order valence-electron chi connectivity index (χ3n) is 2.97. The van der Waals surface area contributed by atoms with Crippen molar-refractivity contribution in [1.29, 1.82) is 5.41 Å². The molecule has 3 nitrogen and oxygen atoms in total. The highest BCUT2D eigenvalue weighted by molar-refractivity contribution is 7.98. The number of nitrogens with zero attached hydrogens (tertiary/aromatic N) is 1. The van der Waals surface area contributed by atoms with Crippen LogP contribution in [-0.2, 0) is 5.75 Å². The van der Waals surface area contributed by atoms with Crippen molar-refractivity contribution in [3.05, 3.63) is 55.0 Å². The van der Waals surface area contributed by atoms with Crippen LogP contribution in [0.25, 0.3) is 11.3 Å². The number of aromatic nitrogens is 1. The van der Waals surface area contributed by atoms with Gasteiger partial charge in [0.1, 0.15) is 10.8 Å². The molecule has 24 heavy (non-hydrogen) atoms. The van der Waals surface area contributed by atoms with E-state index in [0.717, 1.165) is 31.8 Å². The van der Waals surface area contributed by atoms with Crippen LogP contribution in [0.5, 0.6) is 0 Å². The molecule has 1 aromatic carbocycles. The molecule has 3 N–H and O–H groups in total. The number of hydrogen-bond donors (Lipinski definition) is 2. The first-order valence-corrected chi connectivity index (χ1v) is 9.98. The van der Waals surface area contributed by atoms with Gasteiger partial charge >= 0.3 is 0 Å². The molecule has 2 heterocycles. The molecule has 126 valence electrons. The van der Waals surface area contributed by atoms with Gasteiger partial charge in [0.2, 0.25) is 0 Å². The van der Waals surface area contributed by atoms with Crippen molar-refractivity contribution in [1.82, 2.24) is 4.98 Å². The molecule has 0 fully saturated rings. The van der Waals surface area contributed by atoms with Gasteiger partial charge in [-0.15, -0.1) is 46.8 Å². The Morgan fingerprint density at radius 1 is 1.17 bits per heavy atom. The highest BCUT2D eigenvalue weighted by atomic mass is 35.5. The van der Waals surface area contributed by atoms with E-state index in [1.165, 1.54) is 11.3 Å². The Bertz CT molecular complexity index is 861. The second-order valence-electron chi connectivity index (χ2n) is 4.60. The normalized spacial score (nSPS) is 10.4. The van der Waals surface area contributed by atoms with Gasteiger partial charge in [0.25, 0.3) is 0 Å². The summed E-state index contributed by atoms with van der Waals surface area (Å²) in [7, 11) is 0. The second kappa shape index (κ2) is 8.56. The van der Waals surface area contributed by atoms with Crippen LogP contribution in [0.3, 0.4) is 0 Å². The van der Waals surface area contributed by atoms with Crippen molar-refractivity contribution in [3.8, 4) is 11.3 Å². The first kappa shape index (κ1) is 19.6. The number of nitrogens with one attached hydrogen (secondary N) is 1. The number of thiazole rings is 1. The van der Waals surface area contributed by atoms with E-state index < -0.39 is 0 Å². The molecule has 0 saturated carbocycles. The average molecular weight is 437 g/mol. The summed E-state index contributed by atoms with van der Waals surface area (Å²) in [5, 5.41) is 13.6. The Morgan fingerprint density at radius 2 is 1.96 bits per heavy atom. The summed E-state index contributed by atoms with van der Waals surface area (Å²) in [6.07, 6.45) is 0. The third-order valence-corrected chi connectivity index (χ3v) is 6.84. The van der Waals surface area contributed by atoms with E-state index in [4.69, 9.17) is 34.3 Å². The third kappa shape index (κ3) is 4.65. The van der Waals surface area contributed by atoms with Crippen molar-refractivity contribution >= 4 is 75.9 Å². The van der Waals surface area contributed by atoms with Gasteiger partial charge < -0.3 is 5.73 Å². The van der Waals surface area contributed by atoms with Crippen LogP contribution in [0.15, 0.2) is 39.9 Å². The predicted molar refractivity (Wildman–Crippen MR) is 110 cm³/mol.